The molecule has 0 aliphatic carbocycles. The van der Waals surface area contributed by atoms with Gasteiger partial charge in [0.15, 0.2) is 6.29 Å². The number of amides is 2. The fraction of sp³-hybridized carbons (Fsp3) is 0.412. The molecule has 0 bridgehead atoms. The summed E-state index contributed by atoms with van der Waals surface area (Å²) in [7, 11) is 0. The minimum Gasteiger partial charge on any atom is -0.465 e. The van der Waals surface area contributed by atoms with Gasteiger partial charge in [0.05, 0.1) is 31.5 Å². The van der Waals surface area contributed by atoms with Crippen molar-refractivity contribution >= 4 is 12.0 Å². The maximum absolute atomic E-state index is 12.1. The molecule has 44 heavy (non-hydrogen) atoms. The van der Waals surface area contributed by atoms with E-state index >= 15 is 0 Å². The second-order valence-electron chi connectivity index (χ2n) is 11.2. The number of hydrogen-bond acceptors (Lipinski definition) is 8. The molecule has 2 heterocycles. The third kappa shape index (κ3) is 8.64. The van der Waals surface area contributed by atoms with Gasteiger partial charge in [-0.3, -0.25) is 9.69 Å². The SMILES string of the molecule is CCOC(=O)CNC(=O)NCc1cccc(-c2ccc([C@H]3O[C@@H](CN4CC[C@H](O)C4)C[C@@H](c4ccc(CO)cc4)O3)cc2)c1. The van der Waals surface area contributed by atoms with E-state index in [1.807, 2.05) is 72.8 Å². The zero-order valence-corrected chi connectivity index (χ0v) is 25.0. The number of ether oxygens (including phenoxy) is 3. The predicted octanol–water partition coefficient (Wildman–Crippen LogP) is 3.82. The molecule has 4 atom stereocenters. The van der Waals surface area contributed by atoms with E-state index in [2.05, 4.69) is 15.5 Å². The third-order valence-electron chi connectivity index (χ3n) is 7.92. The lowest BCUT2D eigenvalue weighted by molar-refractivity contribution is -0.252. The van der Waals surface area contributed by atoms with Crippen molar-refractivity contribution < 1.29 is 34.0 Å². The highest BCUT2D eigenvalue weighted by molar-refractivity contribution is 5.80. The number of carbonyl (C=O) groups is 2. The molecule has 0 aromatic heterocycles. The molecule has 2 saturated heterocycles. The Balaban J connectivity index is 1.24. The lowest BCUT2D eigenvalue weighted by atomic mass is 9.99. The van der Waals surface area contributed by atoms with Gasteiger partial charge in [0.1, 0.15) is 6.54 Å². The Morgan fingerprint density at radius 2 is 1.73 bits per heavy atom. The van der Waals surface area contributed by atoms with Crippen LogP contribution in [0.1, 0.15) is 54.4 Å². The Morgan fingerprint density at radius 3 is 2.43 bits per heavy atom. The van der Waals surface area contributed by atoms with Gasteiger partial charge in [-0.25, -0.2) is 4.79 Å². The van der Waals surface area contributed by atoms with Gasteiger partial charge in [0.25, 0.3) is 0 Å². The number of nitrogens with one attached hydrogen (secondary N) is 2. The van der Waals surface area contributed by atoms with Crippen LogP contribution in [0.2, 0.25) is 0 Å². The molecule has 0 saturated carbocycles. The van der Waals surface area contributed by atoms with Crippen molar-refractivity contribution in [2.45, 2.75) is 57.5 Å². The lowest BCUT2D eigenvalue weighted by Gasteiger charge is -2.37. The van der Waals surface area contributed by atoms with Crippen LogP contribution in [0.3, 0.4) is 0 Å². The number of benzene rings is 3. The van der Waals surface area contributed by atoms with Crippen LogP contribution in [0, 0.1) is 0 Å². The first kappa shape index (κ1) is 31.6. The average molecular weight is 604 g/mol. The number of aliphatic hydroxyl groups is 2. The largest absolute Gasteiger partial charge is 0.465 e. The van der Waals surface area contributed by atoms with Crippen molar-refractivity contribution in [1.82, 2.24) is 15.5 Å². The van der Waals surface area contributed by atoms with Crippen molar-refractivity contribution in [1.29, 1.82) is 0 Å². The zero-order chi connectivity index (χ0) is 30.9. The molecular formula is C34H41N3O7. The van der Waals surface area contributed by atoms with E-state index in [1.54, 1.807) is 6.92 Å². The van der Waals surface area contributed by atoms with Crippen molar-refractivity contribution in [3.8, 4) is 11.1 Å². The van der Waals surface area contributed by atoms with Crippen LogP contribution in [-0.2, 0) is 32.2 Å². The van der Waals surface area contributed by atoms with Gasteiger partial charge in [-0.1, -0.05) is 66.7 Å². The molecule has 10 nitrogen and oxygen atoms in total. The summed E-state index contributed by atoms with van der Waals surface area (Å²) < 4.78 is 17.8. The van der Waals surface area contributed by atoms with E-state index in [0.29, 0.717) is 19.5 Å². The molecule has 4 N–H and O–H groups in total. The first-order chi connectivity index (χ1) is 21.4. The maximum atomic E-state index is 12.1. The number of urea groups is 1. The summed E-state index contributed by atoms with van der Waals surface area (Å²) in [6.45, 7) is 4.33. The topological polar surface area (TPSA) is 130 Å². The van der Waals surface area contributed by atoms with Crippen LogP contribution in [0.15, 0.2) is 72.8 Å². The zero-order valence-electron chi connectivity index (χ0n) is 25.0. The van der Waals surface area contributed by atoms with Gasteiger partial charge < -0.3 is 35.1 Å². The number of likely N-dealkylation sites (tertiary alicyclic amines) is 1. The van der Waals surface area contributed by atoms with E-state index < -0.39 is 18.3 Å². The van der Waals surface area contributed by atoms with Gasteiger partial charge in [0, 0.05) is 38.2 Å². The highest BCUT2D eigenvalue weighted by Gasteiger charge is 2.34. The molecule has 2 fully saturated rings. The van der Waals surface area contributed by atoms with Crippen LogP contribution >= 0.6 is 0 Å². The normalized spacial score (nSPS) is 22.0. The highest BCUT2D eigenvalue weighted by Crippen LogP contribution is 2.39. The molecule has 3 aromatic carbocycles. The quantitative estimate of drug-likeness (QED) is 0.244. The molecule has 0 unspecified atom stereocenters. The van der Waals surface area contributed by atoms with Gasteiger partial charge in [-0.15, -0.1) is 0 Å². The maximum Gasteiger partial charge on any atom is 0.325 e. The molecule has 2 aliphatic heterocycles. The van der Waals surface area contributed by atoms with Gasteiger partial charge in [0.2, 0.25) is 0 Å². The lowest BCUT2D eigenvalue weighted by Crippen LogP contribution is -2.38. The van der Waals surface area contributed by atoms with E-state index in [-0.39, 0.29) is 38.1 Å². The second-order valence-corrected chi connectivity index (χ2v) is 11.2. The summed E-state index contributed by atoms with van der Waals surface area (Å²) in [6.07, 6.45) is 0.392. The summed E-state index contributed by atoms with van der Waals surface area (Å²) in [5, 5.41) is 24.7. The Bertz CT molecular complexity index is 1380. The Hall–Kier alpha value is -3.80. The Kier molecular flexibility index (Phi) is 11.0. The van der Waals surface area contributed by atoms with E-state index in [4.69, 9.17) is 14.2 Å². The molecule has 234 valence electrons. The highest BCUT2D eigenvalue weighted by atomic mass is 16.7. The predicted molar refractivity (Wildman–Crippen MR) is 164 cm³/mol. The second kappa shape index (κ2) is 15.3. The smallest absolute Gasteiger partial charge is 0.325 e. The number of β-amino-alcohol motifs (C(OH)–C–C–N with tert-alkyl or cyclic N) is 1. The first-order valence-corrected chi connectivity index (χ1v) is 15.2. The standard InChI is InChI=1S/C34H41N3O7/c1-2-42-32(40)19-36-34(41)35-18-24-4-3-5-28(16-24)25-10-12-27(13-11-25)33-43-30(21-37-15-14-29(39)20-37)17-31(44-33)26-8-6-23(22-38)7-9-26/h3-13,16,29-31,33,38-39H,2,14-15,17-22H2,1H3,(H2,35,36,41)/t29-,30+,31-,33-/m0/s1. The molecular weight excluding hydrogens is 562 g/mol. The van der Waals surface area contributed by atoms with E-state index in [0.717, 1.165) is 52.9 Å². The van der Waals surface area contributed by atoms with Crippen molar-refractivity contribution in [3.05, 3.63) is 95.1 Å². The summed E-state index contributed by atoms with van der Waals surface area (Å²) in [4.78, 5) is 25.8. The van der Waals surface area contributed by atoms with E-state index in [9.17, 15) is 19.8 Å². The number of rotatable bonds is 11. The monoisotopic (exact) mass is 603 g/mol. The van der Waals surface area contributed by atoms with Crippen LogP contribution in [0.5, 0.6) is 0 Å². The average Bonchev–Trinajstić information content (AvgIpc) is 3.47. The van der Waals surface area contributed by atoms with Crippen LogP contribution in [-0.4, -0.2) is 72.1 Å². The molecule has 5 rings (SSSR count). The molecule has 0 spiro atoms. The molecule has 3 aromatic rings. The van der Waals surface area contributed by atoms with Crippen molar-refractivity contribution in [2.75, 3.05) is 32.8 Å². The number of esters is 1. The van der Waals surface area contributed by atoms with Gasteiger partial charge in [-0.05, 0) is 47.2 Å². The molecule has 2 aliphatic rings. The molecule has 10 heteroatoms. The fourth-order valence-electron chi connectivity index (χ4n) is 5.60. The number of carbonyl (C=O) groups excluding carboxylic acids is 2. The van der Waals surface area contributed by atoms with Crippen molar-refractivity contribution in [3.63, 3.8) is 0 Å². The third-order valence-corrected chi connectivity index (χ3v) is 7.92. The summed E-state index contributed by atoms with van der Waals surface area (Å²) in [5.74, 6) is -0.480. The minimum atomic E-state index is -0.554. The van der Waals surface area contributed by atoms with E-state index in [1.165, 1.54) is 0 Å². The first-order valence-electron chi connectivity index (χ1n) is 15.2. The minimum absolute atomic E-state index is 0.00429. The summed E-state index contributed by atoms with van der Waals surface area (Å²) >= 11 is 0. The van der Waals surface area contributed by atoms with Crippen molar-refractivity contribution in [2.24, 2.45) is 0 Å². The van der Waals surface area contributed by atoms with Gasteiger partial charge in [-0.2, -0.15) is 0 Å². The molecule has 2 amide bonds. The van der Waals surface area contributed by atoms with Gasteiger partial charge >= 0.3 is 12.0 Å². The number of hydrogen-bond donors (Lipinski definition) is 4. The number of nitrogens with zero attached hydrogens (tertiary/aromatic N) is 1. The summed E-state index contributed by atoms with van der Waals surface area (Å²) in [6, 6.07) is 23.4. The van der Waals surface area contributed by atoms with Crippen LogP contribution < -0.4 is 10.6 Å². The van der Waals surface area contributed by atoms with Crippen LogP contribution in [0.25, 0.3) is 11.1 Å². The Morgan fingerprint density at radius 1 is 0.955 bits per heavy atom. The Labute approximate surface area is 257 Å². The van der Waals surface area contributed by atoms with Crippen LogP contribution in [0.4, 0.5) is 4.79 Å². The summed E-state index contributed by atoms with van der Waals surface area (Å²) in [5.41, 5.74) is 5.73. The fourth-order valence-corrected chi connectivity index (χ4v) is 5.60. The molecule has 0 radical (unpaired) electrons. The number of aliphatic hydroxyl groups excluding tert-OH is 2.